The summed E-state index contributed by atoms with van der Waals surface area (Å²) in [7, 11) is 0. The topological polar surface area (TPSA) is 77.7 Å². The van der Waals surface area contributed by atoms with Gasteiger partial charge in [-0.15, -0.1) is 0 Å². The molecule has 77 valence electrons. The van der Waals surface area contributed by atoms with Crippen molar-refractivity contribution in [3.05, 3.63) is 24.3 Å². The van der Waals surface area contributed by atoms with Crippen LogP contribution in [0.15, 0.2) is 29.4 Å². The second-order valence-corrected chi connectivity index (χ2v) is 3.78. The Hall–Kier alpha value is -1.69. The summed E-state index contributed by atoms with van der Waals surface area (Å²) in [6.45, 7) is 0. The molecule has 0 aliphatic rings. The summed E-state index contributed by atoms with van der Waals surface area (Å²) >= 11 is 1.28. The van der Waals surface area contributed by atoms with Gasteiger partial charge in [0.15, 0.2) is 5.16 Å². The van der Waals surface area contributed by atoms with Gasteiger partial charge < -0.3 is 10.3 Å². The summed E-state index contributed by atoms with van der Waals surface area (Å²) in [5, 5.41) is 12.9. The van der Waals surface area contributed by atoms with Crippen LogP contribution in [-0.2, 0) is 5.11 Å². The van der Waals surface area contributed by atoms with Gasteiger partial charge in [-0.25, -0.2) is 14.9 Å². The molecule has 5 nitrogen and oxygen atoms in total. The molecule has 1 aromatic heterocycles. The molecule has 15 heavy (non-hydrogen) atoms. The van der Waals surface area contributed by atoms with Crippen molar-refractivity contribution in [2.24, 2.45) is 0 Å². The molecule has 2 rings (SSSR count). The number of aromatic amines is 1. The Morgan fingerprint density at radius 3 is 3.00 bits per heavy atom. The standard InChI is InChI=1S/C9H8N3O2S/c13-9(14)10-5-15-8-11-6-3-1-2-4-7(6)12-8/h1-4,10H,5H2,(H,11,12). The molecule has 0 spiro atoms. The number of H-pyrrole nitrogens is 1. The number of fused-ring (bicyclic) bond motifs is 1. The first-order valence-electron chi connectivity index (χ1n) is 4.28. The van der Waals surface area contributed by atoms with E-state index < -0.39 is 6.09 Å². The Morgan fingerprint density at radius 2 is 2.27 bits per heavy atom. The lowest BCUT2D eigenvalue weighted by Gasteiger charge is -1.94. The maximum absolute atomic E-state index is 10.1. The van der Waals surface area contributed by atoms with E-state index in [1.54, 1.807) is 0 Å². The largest absolute Gasteiger partial charge is 0.451 e. The van der Waals surface area contributed by atoms with Crippen molar-refractivity contribution in [2.75, 3.05) is 5.88 Å². The Balaban J connectivity index is 2.05. The zero-order valence-corrected chi connectivity index (χ0v) is 8.50. The van der Waals surface area contributed by atoms with E-state index in [9.17, 15) is 9.90 Å². The fourth-order valence-corrected chi connectivity index (χ4v) is 1.83. The van der Waals surface area contributed by atoms with Crippen molar-refractivity contribution in [1.82, 2.24) is 15.3 Å². The Bertz CT molecular complexity index is 450. The van der Waals surface area contributed by atoms with Crippen molar-refractivity contribution < 1.29 is 9.90 Å². The number of para-hydroxylation sites is 2. The predicted molar refractivity (Wildman–Crippen MR) is 56.0 cm³/mol. The van der Waals surface area contributed by atoms with Gasteiger partial charge >= 0.3 is 6.09 Å². The highest BCUT2D eigenvalue weighted by molar-refractivity contribution is 7.99. The fourth-order valence-electron chi connectivity index (χ4n) is 1.16. The molecule has 1 heterocycles. The molecule has 6 heteroatoms. The molecule has 2 aromatic rings. The predicted octanol–water partition coefficient (Wildman–Crippen LogP) is 1.75. The van der Waals surface area contributed by atoms with E-state index in [1.807, 2.05) is 24.3 Å². The normalized spacial score (nSPS) is 10.4. The van der Waals surface area contributed by atoms with Gasteiger partial charge in [0.25, 0.3) is 0 Å². The van der Waals surface area contributed by atoms with Crippen molar-refractivity contribution in [3.8, 4) is 0 Å². The number of imidazole rings is 1. The van der Waals surface area contributed by atoms with Crippen LogP contribution in [0.4, 0.5) is 4.79 Å². The smallest absolute Gasteiger partial charge is 0.333 e. The van der Waals surface area contributed by atoms with Gasteiger partial charge in [0.05, 0.1) is 16.9 Å². The maximum atomic E-state index is 10.1. The van der Waals surface area contributed by atoms with Gasteiger partial charge in [0.2, 0.25) is 0 Å². The summed E-state index contributed by atoms with van der Waals surface area (Å²) in [4.78, 5) is 17.4. The number of carbonyl (C=O) groups is 1. The molecule has 0 aliphatic heterocycles. The molecule has 0 saturated carbocycles. The number of hydrogen-bond acceptors (Lipinski definition) is 3. The van der Waals surface area contributed by atoms with E-state index in [2.05, 4.69) is 15.3 Å². The van der Waals surface area contributed by atoms with Gasteiger partial charge in [0.1, 0.15) is 0 Å². The average Bonchev–Trinajstić information content (AvgIpc) is 2.59. The zero-order valence-electron chi connectivity index (χ0n) is 7.69. The summed E-state index contributed by atoms with van der Waals surface area (Å²) < 4.78 is 0. The minimum atomic E-state index is -1.28. The summed E-state index contributed by atoms with van der Waals surface area (Å²) in [6, 6.07) is 7.62. The molecule has 0 bridgehead atoms. The molecule has 0 aliphatic carbocycles. The Kier molecular flexibility index (Phi) is 2.77. The van der Waals surface area contributed by atoms with Gasteiger partial charge in [-0.3, -0.25) is 0 Å². The third-order valence-corrected chi connectivity index (χ3v) is 2.55. The van der Waals surface area contributed by atoms with Gasteiger partial charge in [-0.2, -0.15) is 0 Å². The van der Waals surface area contributed by atoms with Crippen molar-refractivity contribution in [2.45, 2.75) is 5.16 Å². The minimum absolute atomic E-state index is 0.224. The molecule has 0 unspecified atom stereocenters. The zero-order chi connectivity index (χ0) is 10.7. The van der Waals surface area contributed by atoms with Crippen molar-refractivity contribution in [1.29, 1.82) is 0 Å². The van der Waals surface area contributed by atoms with Crippen LogP contribution in [0.1, 0.15) is 0 Å². The van der Waals surface area contributed by atoms with Gasteiger partial charge in [-0.05, 0) is 12.1 Å². The summed E-state index contributed by atoms with van der Waals surface area (Å²) in [6.07, 6.45) is -1.28. The molecule has 1 aromatic carbocycles. The van der Waals surface area contributed by atoms with E-state index in [4.69, 9.17) is 0 Å². The highest BCUT2D eigenvalue weighted by atomic mass is 32.2. The monoisotopic (exact) mass is 222 g/mol. The molecule has 2 N–H and O–H groups in total. The number of hydrogen-bond donors (Lipinski definition) is 2. The molecule has 1 radical (unpaired) electrons. The molecule has 0 saturated heterocycles. The number of benzene rings is 1. The third kappa shape index (κ3) is 2.41. The lowest BCUT2D eigenvalue weighted by molar-refractivity contribution is 0.170. The van der Waals surface area contributed by atoms with Gasteiger partial charge in [0, 0.05) is 0 Å². The highest BCUT2D eigenvalue weighted by Gasteiger charge is 2.03. The van der Waals surface area contributed by atoms with Crippen LogP contribution < -0.4 is 5.32 Å². The first-order chi connectivity index (χ1) is 7.25. The van der Waals surface area contributed by atoms with E-state index in [1.165, 1.54) is 11.8 Å². The number of nitrogens with one attached hydrogen (secondary N) is 2. The van der Waals surface area contributed by atoms with Crippen LogP contribution in [0, 0.1) is 0 Å². The number of amides is 1. The van der Waals surface area contributed by atoms with Crippen molar-refractivity contribution in [3.63, 3.8) is 0 Å². The van der Waals surface area contributed by atoms with Crippen LogP contribution in [-0.4, -0.2) is 21.9 Å². The Morgan fingerprint density at radius 1 is 1.47 bits per heavy atom. The summed E-state index contributed by atoms with van der Waals surface area (Å²) in [5.41, 5.74) is 1.81. The SMILES string of the molecule is [O]C(=O)NCSc1nc2ccccc2[nH]1. The number of rotatable bonds is 3. The Labute approximate surface area is 89.9 Å². The number of thioether (sulfide) groups is 1. The summed E-state index contributed by atoms with van der Waals surface area (Å²) in [5.74, 6) is 0.224. The lowest BCUT2D eigenvalue weighted by atomic mass is 10.3. The fraction of sp³-hybridized carbons (Fsp3) is 0.111. The van der Waals surface area contributed by atoms with Crippen molar-refractivity contribution >= 4 is 28.9 Å². The number of aromatic nitrogens is 2. The lowest BCUT2D eigenvalue weighted by Crippen LogP contribution is -2.18. The van der Waals surface area contributed by atoms with Crippen LogP contribution in [0.3, 0.4) is 0 Å². The molecule has 0 atom stereocenters. The number of nitrogens with zero attached hydrogens (tertiary/aromatic N) is 1. The molecule has 1 amide bonds. The second kappa shape index (κ2) is 4.22. The van der Waals surface area contributed by atoms with Crippen LogP contribution in [0.2, 0.25) is 0 Å². The molecule has 0 fully saturated rings. The minimum Gasteiger partial charge on any atom is -0.333 e. The van der Waals surface area contributed by atoms with Gasteiger partial charge in [-0.1, -0.05) is 23.9 Å². The second-order valence-electron chi connectivity index (χ2n) is 2.81. The molecular weight excluding hydrogens is 214 g/mol. The molecular formula is C9H8N3O2S. The maximum Gasteiger partial charge on any atom is 0.451 e. The van der Waals surface area contributed by atoms with E-state index in [0.717, 1.165) is 11.0 Å². The van der Waals surface area contributed by atoms with E-state index >= 15 is 0 Å². The first kappa shape index (κ1) is 9.85. The average molecular weight is 222 g/mol. The van der Waals surface area contributed by atoms with Crippen LogP contribution >= 0.6 is 11.8 Å². The quantitative estimate of drug-likeness (QED) is 0.613. The van der Waals surface area contributed by atoms with Crippen LogP contribution in [0.5, 0.6) is 0 Å². The highest BCUT2D eigenvalue weighted by Crippen LogP contribution is 2.17. The van der Waals surface area contributed by atoms with E-state index in [0.29, 0.717) is 5.16 Å². The van der Waals surface area contributed by atoms with E-state index in [-0.39, 0.29) is 5.88 Å². The third-order valence-electron chi connectivity index (χ3n) is 1.79. The first-order valence-corrected chi connectivity index (χ1v) is 5.26. The number of carbonyl (C=O) groups excluding carboxylic acids is 1. The van der Waals surface area contributed by atoms with Crippen LogP contribution in [0.25, 0.3) is 11.0 Å².